The molecule has 3 heteroatoms. The maximum Gasteiger partial charge on any atom is 0.0625 e. The van der Waals surface area contributed by atoms with E-state index in [1.165, 1.54) is 43.5 Å². The van der Waals surface area contributed by atoms with Crippen LogP contribution in [0.2, 0.25) is 0 Å². The van der Waals surface area contributed by atoms with Crippen molar-refractivity contribution in [1.82, 2.24) is 15.1 Å². The molecule has 1 N–H and O–H groups in total. The molecular formula is C17H31N3. The van der Waals surface area contributed by atoms with Gasteiger partial charge in [0.1, 0.15) is 0 Å². The van der Waals surface area contributed by atoms with Crippen LogP contribution in [0.25, 0.3) is 0 Å². The number of nitrogens with one attached hydrogen (secondary N) is 1. The predicted octanol–water partition coefficient (Wildman–Crippen LogP) is 3.94. The summed E-state index contributed by atoms with van der Waals surface area (Å²) in [6.45, 7) is 7.68. The van der Waals surface area contributed by atoms with E-state index >= 15 is 0 Å². The lowest BCUT2D eigenvalue weighted by molar-refractivity contribution is 0.218. The summed E-state index contributed by atoms with van der Waals surface area (Å²) in [5.74, 6) is 1.74. The zero-order valence-corrected chi connectivity index (χ0v) is 13.7. The largest absolute Gasteiger partial charge is 0.311 e. The van der Waals surface area contributed by atoms with Crippen LogP contribution in [0.15, 0.2) is 6.07 Å². The zero-order chi connectivity index (χ0) is 14.5. The monoisotopic (exact) mass is 277 g/mol. The van der Waals surface area contributed by atoms with Gasteiger partial charge in [-0.15, -0.1) is 0 Å². The highest BCUT2D eigenvalue weighted by Crippen LogP contribution is 2.38. The van der Waals surface area contributed by atoms with Crippen LogP contribution in [0.1, 0.15) is 70.3 Å². The van der Waals surface area contributed by atoms with Crippen molar-refractivity contribution in [2.24, 2.45) is 11.8 Å². The van der Waals surface area contributed by atoms with Crippen LogP contribution in [0, 0.1) is 11.8 Å². The molecule has 1 aliphatic carbocycles. The Kier molecular flexibility index (Phi) is 5.64. The average Bonchev–Trinajstić information content (AvgIpc) is 2.92. The molecule has 114 valence electrons. The van der Waals surface area contributed by atoms with E-state index in [1.807, 2.05) is 0 Å². The molecule has 0 radical (unpaired) electrons. The first kappa shape index (κ1) is 15.6. The van der Waals surface area contributed by atoms with Gasteiger partial charge in [0.05, 0.1) is 17.4 Å². The quantitative estimate of drug-likeness (QED) is 0.853. The number of hydrogen-bond donors (Lipinski definition) is 1. The fourth-order valence-electron chi connectivity index (χ4n) is 3.72. The van der Waals surface area contributed by atoms with Crippen LogP contribution in [0.4, 0.5) is 0 Å². The molecule has 0 spiro atoms. The topological polar surface area (TPSA) is 29.9 Å². The van der Waals surface area contributed by atoms with E-state index in [1.54, 1.807) is 0 Å². The van der Waals surface area contributed by atoms with Gasteiger partial charge in [0.15, 0.2) is 0 Å². The summed E-state index contributed by atoms with van der Waals surface area (Å²) in [7, 11) is 2.11. The van der Waals surface area contributed by atoms with Crippen molar-refractivity contribution in [3.05, 3.63) is 17.5 Å². The maximum atomic E-state index is 4.72. The molecule has 0 aromatic carbocycles. The Bertz CT molecular complexity index is 402. The Morgan fingerprint density at radius 3 is 2.45 bits per heavy atom. The molecule has 1 heterocycles. The molecule has 0 amide bonds. The third-order valence-electron chi connectivity index (χ3n) is 5.09. The maximum absolute atomic E-state index is 4.72. The van der Waals surface area contributed by atoms with Crippen LogP contribution < -0.4 is 5.32 Å². The summed E-state index contributed by atoms with van der Waals surface area (Å²) >= 11 is 0. The van der Waals surface area contributed by atoms with Crippen molar-refractivity contribution in [2.45, 2.75) is 71.9 Å². The molecule has 1 aliphatic rings. The Hall–Kier alpha value is -0.830. The second-order valence-electron chi connectivity index (χ2n) is 6.19. The summed E-state index contributed by atoms with van der Waals surface area (Å²) in [5, 5.41) is 8.29. The number of hydrogen-bond acceptors (Lipinski definition) is 2. The van der Waals surface area contributed by atoms with Gasteiger partial charge in [0.25, 0.3) is 0 Å². The van der Waals surface area contributed by atoms with Crippen LogP contribution in [-0.2, 0) is 13.0 Å². The molecule has 1 atom stereocenters. The van der Waals surface area contributed by atoms with Crippen molar-refractivity contribution in [3.63, 3.8) is 0 Å². The SMILES string of the molecule is CCc1cc(C(NC)C2CCC(CC)CC2)n(CC)n1. The highest BCUT2D eigenvalue weighted by molar-refractivity contribution is 5.16. The highest BCUT2D eigenvalue weighted by Gasteiger charge is 2.29. The van der Waals surface area contributed by atoms with Crippen LogP contribution in [0.5, 0.6) is 0 Å². The van der Waals surface area contributed by atoms with Crippen molar-refractivity contribution >= 4 is 0 Å². The van der Waals surface area contributed by atoms with Crippen molar-refractivity contribution < 1.29 is 0 Å². The van der Waals surface area contributed by atoms with Gasteiger partial charge in [0.2, 0.25) is 0 Å². The molecule has 1 fully saturated rings. The number of nitrogens with zero attached hydrogens (tertiary/aromatic N) is 2. The van der Waals surface area contributed by atoms with E-state index in [-0.39, 0.29) is 0 Å². The summed E-state index contributed by atoms with van der Waals surface area (Å²) < 4.78 is 2.20. The first-order valence-corrected chi connectivity index (χ1v) is 8.47. The molecule has 0 bridgehead atoms. The van der Waals surface area contributed by atoms with Gasteiger partial charge in [-0.25, -0.2) is 0 Å². The molecule has 20 heavy (non-hydrogen) atoms. The van der Waals surface area contributed by atoms with Crippen molar-refractivity contribution in [1.29, 1.82) is 0 Å². The minimum atomic E-state index is 0.473. The first-order chi connectivity index (χ1) is 9.73. The van der Waals surface area contributed by atoms with Gasteiger partial charge >= 0.3 is 0 Å². The minimum absolute atomic E-state index is 0.473. The predicted molar refractivity (Wildman–Crippen MR) is 84.8 cm³/mol. The molecule has 2 rings (SSSR count). The lowest BCUT2D eigenvalue weighted by atomic mass is 9.77. The van der Waals surface area contributed by atoms with Crippen molar-refractivity contribution in [2.75, 3.05) is 7.05 Å². The zero-order valence-electron chi connectivity index (χ0n) is 13.7. The van der Waals surface area contributed by atoms with Crippen LogP contribution >= 0.6 is 0 Å². The lowest BCUT2D eigenvalue weighted by Gasteiger charge is -2.33. The van der Waals surface area contributed by atoms with E-state index in [0.717, 1.165) is 24.8 Å². The third-order valence-corrected chi connectivity index (χ3v) is 5.09. The van der Waals surface area contributed by atoms with Crippen LogP contribution in [-0.4, -0.2) is 16.8 Å². The van der Waals surface area contributed by atoms with E-state index in [2.05, 4.69) is 43.9 Å². The van der Waals surface area contributed by atoms with Crippen LogP contribution in [0.3, 0.4) is 0 Å². The smallest absolute Gasteiger partial charge is 0.0625 e. The standard InChI is InChI=1S/C17H31N3/c1-5-13-8-10-14(11-9-13)17(18-4)16-12-15(6-2)19-20(16)7-3/h12-14,17-18H,5-11H2,1-4H3. The summed E-state index contributed by atoms with van der Waals surface area (Å²) in [6.07, 6.45) is 7.91. The van der Waals surface area contributed by atoms with Gasteiger partial charge in [-0.3, -0.25) is 4.68 Å². The number of rotatable bonds is 6. The van der Waals surface area contributed by atoms with Gasteiger partial charge < -0.3 is 5.32 Å². The second kappa shape index (κ2) is 7.26. The van der Waals surface area contributed by atoms with Gasteiger partial charge in [-0.1, -0.05) is 33.1 Å². The first-order valence-electron chi connectivity index (χ1n) is 8.47. The minimum Gasteiger partial charge on any atom is -0.311 e. The highest BCUT2D eigenvalue weighted by atomic mass is 15.3. The lowest BCUT2D eigenvalue weighted by Crippen LogP contribution is -2.30. The molecule has 1 unspecified atom stereocenters. The van der Waals surface area contributed by atoms with E-state index in [0.29, 0.717) is 6.04 Å². The molecule has 1 saturated carbocycles. The molecule has 3 nitrogen and oxygen atoms in total. The Morgan fingerprint density at radius 1 is 1.25 bits per heavy atom. The fraction of sp³-hybridized carbons (Fsp3) is 0.824. The Morgan fingerprint density at radius 2 is 1.95 bits per heavy atom. The molecule has 0 aliphatic heterocycles. The number of aryl methyl sites for hydroxylation is 2. The molecular weight excluding hydrogens is 246 g/mol. The van der Waals surface area contributed by atoms with Gasteiger partial charge in [-0.05, 0) is 51.1 Å². The Labute approximate surface area is 124 Å². The Balaban J connectivity index is 2.13. The average molecular weight is 277 g/mol. The normalized spacial score (nSPS) is 24.8. The second-order valence-corrected chi connectivity index (χ2v) is 6.19. The molecule has 0 saturated heterocycles. The van der Waals surface area contributed by atoms with E-state index in [4.69, 9.17) is 5.10 Å². The fourth-order valence-corrected chi connectivity index (χ4v) is 3.72. The summed E-state index contributed by atoms with van der Waals surface area (Å²) in [6, 6.07) is 2.79. The van der Waals surface area contributed by atoms with Gasteiger partial charge in [0, 0.05) is 6.54 Å². The van der Waals surface area contributed by atoms with E-state index in [9.17, 15) is 0 Å². The summed E-state index contributed by atoms with van der Waals surface area (Å²) in [5.41, 5.74) is 2.62. The number of aromatic nitrogens is 2. The third kappa shape index (κ3) is 3.25. The summed E-state index contributed by atoms with van der Waals surface area (Å²) in [4.78, 5) is 0. The van der Waals surface area contributed by atoms with Gasteiger partial charge in [-0.2, -0.15) is 5.10 Å². The van der Waals surface area contributed by atoms with Crippen molar-refractivity contribution in [3.8, 4) is 0 Å². The van der Waals surface area contributed by atoms with E-state index < -0.39 is 0 Å². The molecule has 1 aromatic heterocycles. The molecule has 1 aromatic rings.